The van der Waals surface area contributed by atoms with Crippen molar-refractivity contribution in [3.63, 3.8) is 0 Å². The van der Waals surface area contributed by atoms with Gasteiger partial charge in [0.15, 0.2) is 5.82 Å². The van der Waals surface area contributed by atoms with Gasteiger partial charge in [-0.05, 0) is 54.4 Å². The van der Waals surface area contributed by atoms with Gasteiger partial charge in [0, 0.05) is 42.3 Å². The normalized spacial score (nSPS) is 13.8. The number of rotatable bonds is 4. The second-order valence-corrected chi connectivity index (χ2v) is 7.43. The molecule has 0 atom stereocenters. The second kappa shape index (κ2) is 7.48. The van der Waals surface area contributed by atoms with Gasteiger partial charge in [-0.1, -0.05) is 24.3 Å². The van der Waals surface area contributed by atoms with Crippen molar-refractivity contribution in [2.24, 2.45) is 0 Å². The quantitative estimate of drug-likeness (QED) is 0.552. The Balaban J connectivity index is 1.37. The molecule has 2 aromatic carbocycles. The lowest BCUT2D eigenvalue weighted by Gasteiger charge is -2.25. The summed E-state index contributed by atoms with van der Waals surface area (Å²) in [4.78, 5) is 11.6. The first-order valence-corrected chi connectivity index (χ1v) is 9.75. The molecular weight excluding hydrogens is 360 g/mol. The average molecular weight is 382 g/mol. The predicted octanol–water partition coefficient (Wildman–Crippen LogP) is 4.27. The maximum Gasteiger partial charge on any atom is 0.161 e. The molecule has 29 heavy (non-hydrogen) atoms. The number of aromatic nitrogens is 4. The standard InChI is InChI=1S/C23H22N6/c1-29-11-9-17-2-3-18(12-19(17)15-29)23-24-10-8-22(28-23)27-21-6-4-16(5-7-21)20-13-25-26-14-20/h2-8,10,12-14H,9,11,15H2,1H3,(H,25,26)(H,24,27,28). The summed E-state index contributed by atoms with van der Waals surface area (Å²) in [5.74, 6) is 1.52. The summed E-state index contributed by atoms with van der Waals surface area (Å²) < 4.78 is 0. The van der Waals surface area contributed by atoms with Crippen LogP contribution in [0.1, 0.15) is 11.1 Å². The van der Waals surface area contributed by atoms with Crippen LogP contribution in [-0.4, -0.2) is 38.7 Å². The molecule has 0 fully saturated rings. The van der Waals surface area contributed by atoms with Crippen LogP contribution >= 0.6 is 0 Å². The van der Waals surface area contributed by atoms with Crippen LogP contribution in [0.15, 0.2) is 67.1 Å². The zero-order valence-corrected chi connectivity index (χ0v) is 16.3. The molecule has 0 saturated carbocycles. The van der Waals surface area contributed by atoms with Crippen LogP contribution < -0.4 is 5.32 Å². The van der Waals surface area contributed by atoms with E-state index in [0.717, 1.165) is 53.5 Å². The molecule has 144 valence electrons. The minimum atomic E-state index is 0.737. The number of nitrogens with zero attached hydrogens (tertiary/aromatic N) is 4. The van der Waals surface area contributed by atoms with E-state index < -0.39 is 0 Å². The summed E-state index contributed by atoms with van der Waals surface area (Å²) >= 11 is 0. The highest BCUT2D eigenvalue weighted by molar-refractivity contribution is 5.67. The molecule has 6 heteroatoms. The molecule has 0 unspecified atom stereocenters. The van der Waals surface area contributed by atoms with Crippen LogP contribution in [0, 0.1) is 0 Å². The van der Waals surface area contributed by atoms with E-state index in [1.807, 2.05) is 30.6 Å². The fourth-order valence-corrected chi connectivity index (χ4v) is 3.71. The van der Waals surface area contributed by atoms with Crippen LogP contribution in [-0.2, 0) is 13.0 Å². The van der Waals surface area contributed by atoms with Gasteiger partial charge in [0.25, 0.3) is 0 Å². The van der Waals surface area contributed by atoms with E-state index in [1.165, 1.54) is 11.1 Å². The lowest BCUT2D eigenvalue weighted by molar-refractivity contribution is 0.313. The van der Waals surface area contributed by atoms with Gasteiger partial charge in [-0.15, -0.1) is 0 Å². The fraction of sp³-hybridized carbons (Fsp3) is 0.174. The second-order valence-electron chi connectivity index (χ2n) is 7.43. The van der Waals surface area contributed by atoms with Gasteiger partial charge in [-0.3, -0.25) is 5.10 Å². The third-order valence-electron chi connectivity index (χ3n) is 5.31. The summed E-state index contributed by atoms with van der Waals surface area (Å²) in [6, 6.07) is 16.7. The molecule has 4 aromatic rings. The van der Waals surface area contributed by atoms with E-state index in [2.05, 4.69) is 62.8 Å². The Morgan fingerprint density at radius 3 is 2.66 bits per heavy atom. The largest absolute Gasteiger partial charge is 0.340 e. The number of H-pyrrole nitrogens is 1. The highest BCUT2D eigenvalue weighted by atomic mass is 15.1. The van der Waals surface area contributed by atoms with Crippen LogP contribution in [0.4, 0.5) is 11.5 Å². The number of likely N-dealkylation sites (N-methyl/N-ethyl adjacent to an activating group) is 1. The Hall–Kier alpha value is -3.51. The maximum atomic E-state index is 4.73. The van der Waals surface area contributed by atoms with Crippen LogP contribution in [0.2, 0.25) is 0 Å². The molecular formula is C23H22N6. The molecule has 3 heterocycles. The fourth-order valence-electron chi connectivity index (χ4n) is 3.71. The van der Waals surface area contributed by atoms with E-state index in [1.54, 1.807) is 6.20 Å². The predicted molar refractivity (Wildman–Crippen MR) is 115 cm³/mol. The van der Waals surface area contributed by atoms with E-state index in [9.17, 15) is 0 Å². The van der Waals surface area contributed by atoms with Crippen molar-refractivity contribution in [3.8, 4) is 22.5 Å². The molecule has 0 bridgehead atoms. The summed E-state index contributed by atoms with van der Waals surface area (Å²) in [6.45, 7) is 2.09. The van der Waals surface area contributed by atoms with E-state index >= 15 is 0 Å². The van der Waals surface area contributed by atoms with Crippen molar-refractivity contribution in [2.75, 3.05) is 18.9 Å². The molecule has 0 amide bonds. The number of benzene rings is 2. The third kappa shape index (κ3) is 3.75. The molecule has 0 aliphatic carbocycles. The van der Waals surface area contributed by atoms with Gasteiger partial charge in [-0.25, -0.2) is 9.97 Å². The first-order valence-electron chi connectivity index (χ1n) is 9.75. The van der Waals surface area contributed by atoms with Crippen LogP contribution in [0.25, 0.3) is 22.5 Å². The minimum absolute atomic E-state index is 0.737. The smallest absolute Gasteiger partial charge is 0.161 e. The number of hydrogen-bond acceptors (Lipinski definition) is 5. The third-order valence-corrected chi connectivity index (χ3v) is 5.31. The molecule has 0 spiro atoms. The van der Waals surface area contributed by atoms with Crippen LogP contribution in [0.3, 0.4) is 0 Å². The topological polar surface area (TPSA) is 69.7 Å². The van der Waals surface area contributed by atoms with Gasteiger partial charge in [0.2, 0.25) is 0 Å². The first-order chi connectivity index (χ1) is 14.2. The van der Waals surface area contributed by atoms with Crippen molar-refractivity contribution in [1.29, 1.82) is 0 Å². The van der Waals surface area contributed by atoms with Crippen molar-refractivity contribution < 1.29 is 0 Å². The maximum absolute atomic E-state index is 4.73. The van der Waals surface area contributed by atoms with Gasteiger partial charge in [0.1, 0.15) is 5.82 Å². The van der Waals surface area contributed by atoms with Gasteiger partial charge in [-0.2, -0.15) is 5.10 Å². The van der Waals surface area contributed by atoms with Gasteiger partial charge < -0.3 is 10.2 Å². The number of nitrogens with one attached hydrogen (secondary N) is 2. The van der Waals surface area contributed by atoms with E-state index in [-0.39, 0.29) is 0 Å². The molecule has 0 radical (unpaired) electrons. The number of anilines is 2. The molecule has 1 aliphatic heterocycles. The zero-order valence-electron chi connectivity index (χ0n) is 16.3. The lowest BCUT2D eigenvalue weighted by Crippen LogP contribution is -2.26. The summed E-state index contributed by atoms with van der Waals surface area (Å²) in [6.07, 6.45) is 6.60. The van der Waals surface area contributed by atoms with Crippen LogP contribution in [0.5, 0.6) is 0 Å². The van der Waals surface area contributed by atoms with Crippen molar-refractivity contribution in [1.82, 2.24) is 25.1 Å². The summed E-state index contributed by atoms with van der Waals surface area (Å²) in [5, 5.41) is 10.2. The van der Waals surface area contributed by atoms with Crippen molar-refractivity contribution in [2.45, 2.75) is 13.0 Å². The van der Waals surface area contributed by atoms with Gasteiger partial charge >= 0.3 is 0 Å². The number of aromatic amines is 1. The Kier molecular flexibility index (Phi) is 4.54. The highest BCUT2D eigenvalue weighted by Gasteiger charge is 2.14. The zero-order chi connectivity index (χ0) is 19.6. The highest BCUT2D eigenvalue weighted by Crippen LogP contribution is 2.26. The average Bonchev–Trinajstić information content (AvgIpc) is 3.29. The molecule has 2 N–H and O–H groups in total. The Morgan fingerprint density at radius 1 is 0.966 bits per heavy atom. The molecule has 5 rings (SSSR count). The lowest BCUT2D eigenvalue weighted by atomic mass is 9.97. The van der Waals surface area contributed by atoms with Crippen molar-refractivity contribution in [3.05, 3.63) is 78.2 Å². The Labute approximate surface area is 169 Å². The Morgan fingerprint density at radius 2 is 1.83 bits per heavy atom. The van der Waals surface area contributed by atoms with Gasteiger partial charge in [0.05, 0.1) is 6.20 Å². The summed E-state index contributed by atoms with van der Waals surface area (Å²) in [7, 11) is 2.16. The minimum Gasteiger partial charge on any atom is -0.340 e. The number of hydrogen-bond donors (Lipinski definition) is 2. The van der Waals surface area contributed by atoms with E-state index in [0.29, 0.717) is 0 Å². The SMILES string of the molecule is CN1CCc2ccc(-c3nccc(Nc4ccc(-c5cn[nH]c5)cc4)n3)cc2C1. The molecule has 6 nitrogen and oxygen atoms in total. The molecule has 0 saturated heterocycles. The molecule has 2 aromatic heterocycles. The number of fused-ring (bicyclic) bond motifs is 1. The van der Waals surface area contributed by atoms with E-state index in [4.69, 9.17) is 4.98 Å². The van der Waals surface area contributed by atoms with Crippen molar-refractivity contribution >= 4 is 11.5 Å². The first kappa shape index (κ1) is 17.6. The monoisotopic (exact) mass is 382 g/mol. The Bertz CT molecular complexity index is 1120. The summed E-state index contributed by atoms with van der Waals surface area (Å²) in [5.41, 5.74) is 7.02. The molecule has 1 aliphatic rings.